The van der Waals surface area contributed by atoms with Crippen molar-refractivity contribution >= 4 is 63.3 Å². The van der Waals surface area contributed by atoms with Gasteiger partial charge in [0.25, 0.3) is 0 Å². The molecular formula is C20H19Cl2N3O3S. The van der Waals surface area contributed by atoms with Crippen LogP contribution in [0.5, 0.6) is 5.75 Å². The molecule has 0 bridgehead atoms. The third kappa shape index (κ3) is 5.65. The average molecular weight is 452 g/mol. The number of nitrogens with zero attached hydrogens (tertiary/aromatic N) is 2. The van der Waals surface area contributed by atoms with Crippen molar-refractivity contribution < 1.29 is 14.3 Å². The minimum atomic E-state index is -0.552. The molecule has 0 saturated carbocycles. The van der Waals surface area contributed by atoms with Gasteiger partial charge in [0.1, 0.15) is 11.0 Å². The first-order valence-corrected chi connectivity index (χ1v) is 10.5. The molecule has 2 aromatic carbocycles. The molecule has 3 rings (SSSR count). The van der Waals surface area contributed by atoms with Gasteiger partial charge in [-0.1, -0.05) is 41.0 Å². The number of thioether (sulfide) groups is 1. The van der Waals surface area contributed by atoms with Gasteiger partial charge in [-0.25, -0.2) is 4.99 Å². The van der Waals surface area contributed by atoms with Crippen molar-refractivity contribution in [2.45, 2.75) is 18.6 Å². The van der Waals surface area contributed by atoms with Crippen molar-refractivity contribution in [2.24, 2.45) is 4.99 Å². The Labute approximate surface area is 183 Å². The number of anilines is 1. The van der Waals surface area contributed by atoms with E-state index in [4.69, 9.17) is 27.9 Å². The van der Waals surface area contributed by atoms with Gasteiger partial charge in [0.15, 0.2) is 5.17 Å². The fraction of sp³-hybridized carbons (Fsp3) is 0.250. The normalized spacial score (nSPS) is 17.7. The zero-order chi connectivity index (χ0) is 21.0. The molecule has 152 valence electrons. The fourth-order valence-corrected chi connectivity index (χ4v) is 4.39. The fourth-order valence-electron chi connectivity index (χ4n) is 2.72. The van der Waals surface area contributed by atoms with Gasteiger partial charge >= 0.3 is 0 Å². The molecule has 0 aromatic heterocycles. The van der Waals surface area contributed by atoms with E-state index in [0.717, 1.165) is 0 Å². The predicted octanol–water partition coefficient (Wildman–Crippen LogP) is 4.98. The number of carbonyl (C=O) groups excluding carboxylic acids is 2. The third-order valence-electron chi connectivity index (χ3n) is 4.01. The highest BCUT2D eigenvalue weighted by molar-refractivity contribution is 8.15. The van der Waals surface area contributed by atoms with Crippen LogP contribution in [-0.2, 0) is 9.59 Å². The molecule has 1 aliphatic heterocycles. The molecule has 29 heavy (non-hydrogen) atoms. The molecule has 0 unspecified atom stereocenters. The van der Waals surface area contributed by atoms with Gasteiger partial charge in [-0.3, -0.25) is 14.5 Å². The maximum atomic E-state index is 12.5. The van der Waals surface area contributed by atoms with Gasteiger partial charge in [0.2, 0.25) is 11.8 Å². The minimum absolute atomic E-state index is 0.0298. The van der Waals surface area contributed by atoms with Gasteiger partial charge in [-0.2, -0.15) is 0 Å². The lowest BCUT2D eigenvalue weighted by atomic mass is 10.2. The van der Waals surface area contributed by atoms with Gasteiger partial charge in [0.05, 0.1) is 12.3 Å². The molecular weight excluding hydrogens is 433 g/mol. The van der Waals surface area contributed by atoms with E-state index in [2.05, 4.69) is 10.3 Å². The van der Waals surface area contributed by atoms with Crippen LogP contribution in [0.25, 0.3) is 0 Å². The molecule has 1 aliphatic rings. The van der Waals surface area contributed by atoms with Crippen LogP contribution in [0.15, 0.2) is 47.5 Å². The quantitative estimate of drug-likeness (QED) is 0.671. The Hall–Kier alpha value is -2.22. The molecule has 2 aromatic rings. The molecule has 1 heterocycles. The van der Waals surface area contributed by atoms with E-state index in [-0.39, 0.29) is 18.2 Å². The Morgan fingerprint density at radius 1 is 1.24 bits per heavy atom. The van der Waals surface area contributed by atoms with E-state index in [1.807, 2.05) is 13.0 Å². The van der Waals surface area contributed by atoms with Gasteiger partial charge in [-0.05, 0) is 37.3 Å². The number of halogens is 2. The number of amides is 2. The summed E-state index contributed by atoms with van der Waals surface area (Å²) in [7, 11) is 1.63. The number of benzene rings is 2. The van der Waals surface area contributed by atoms with Crippen LogP contribution in [0.3, 0.4) is 0 Å². The Morgan fingerprint density at radius 2 is 1.97 bits per heavy atom. The number of amidine groups is 1. The van der Waals surface area contributed by atoms with Crippen molar-refractivity contribution in [3.63, 3.8) is 0 Å². The summed E-state index contributed by atoms with van der Waals surface area (Å²) in [5.74, 6) is 0.232. The van der Waals surface area contributed by atoms with E-state index in [0.29, 0.717) is 38.9 Å². The van der Waals surface area contributed by atoms with Crippen LogP contribution in [0.2, 0.25) is 10.0 Å². The number of carbonyl (C=O) groups is 2. The highest BCUT2D eigenvalue weighted by atomic mass is 35.5. The van der Waals surface area contributed by atoms with Crippen molar-refractivity contribution in [1.29, 1.82) is 0 Å². The molecule has 6 nitrogen and oxygen atoms in total. The molecule has 1 saturated heterocycles. The zero-order valence-corrected chi connectivity index (χ0v) is 18.1. The van der Waals surface area contributed by atoms with Crippen LogP contribution >= 0.6 is 35.0 Å². The lowest BCUT2D eigenvalue weighted by Gasteiger charge is -2.10. The summed E-state index contributed by atoms with van der Waals surface area (Å²) in [5, 5.41) is 3.66. The number of hydrogen-bond donors (Lipinski definition) is 1. The molecule has 0 aliphatic carbocycles. The number of nitrogens with one attached hydrogen (secondary N) is 1. The van der Waals surface area contributed by atoms with Crippen molar-refractivity contribution in [1.82, 2.24) is 4.90 Å². The largest absolute Gasteiger partial charge is 0.494 e. The second-order valence-electron chi connectivity index (χ2n) is 6.24. The first-order valence-electron chi connectivity index (χ1n) is 8.87. The van der Waals surface area contributed by atoms with Crippen LogP contribution in [0.4, 0.5) is 11.4 Å². The van der Waals surface area contributed by atoms with Gasteiger partial charge in [-0.15, -0.1) is 0 Å². The summed E-state index contributed by atoms with van der Waals surface area (Å²) >= 11 is 13.2. The van der Waals surface area contributed by atoms with E-state index in [1.165, 1.54) is 16.7 Å². The summed E-state index contributed by atoms with van der Waals surface area (Å²) in [6.07, 6.45) is 0.0298. The van der Waals surface area contributed by atoms with Crippen LogP contribution in [0.1, 0.15) is 13.3 Å². The maximum absolute atomic E-state index is 12.5. The lowest BCUT2D eigenvalue weighted by molar-refractivity contribution is -0.127. The van der Waals surface area contributed by atoms with E-state index in [1.54, 1.807) is 43.4 Å². The molecule has 1 N–H and O–H groups in total. The number of ether oxygens (including phenoxy) is 1. The first kappa shape index (κ1) is 21.5. The van der Waals surface area contributed by atoms with E-state index >= 15 is 0 Å². The predicted molar refractivity (Wildman–Crippen MR) is 119 cm³/mol. The minimum Gasteiger partial charge on any atom is -0.494 e. The molecule has 1 fully saturated rings. The van der Waals surface area contributed by atoms with Crippen molar-refractivity contribution in [3.05, 3.63) is 52.5 Å². The van der Waals surface area contributed by atoms with E-state index in [9.17, 15) is 9.59 Å². The summed E-state index contributed by atoms with van der Waals surface area (Å²) < 4.78 is 5.43. The van der Waals surface area contributed by atoms with Gasteiger partial charge in [0, 0.05) is 35.3 Å². The summed E-state index contributed by atoms with van der Waals surface area (Å²) in [4.78, 5) is 30.9. The Morgan fingerprint density at radius 3 is 2.66 bits per heavy atom. The zero-order valence-electron chi connectivity index (χ0n) is 15.8. The first-order chi connectivity index (χ1) is 13.9. The topological polar surface area (TPSA) is 71.0 Å². The monoisotopic (exact) mass is 451 g/mol. The smallest absolute Gasteiger partial charge is 0.242 e. The van der Waals surface area contributed by atoms with Crippen LogP contribution < -0.4 is 10.1 Å². The second-order valence-corrected chi connectivity index (χ2v) is 8.28. The highest BCUT2D eigenvalue weighted by Gasteiger charge is 2.37. The molecule has 1 atom stereocenters. The van der Waals surface area contributed by atoms with Crippen molar-refractivity contribution in [3.8, 4) is 5.75 Å². The lowest BCUT2D eigenvalue weighted by Crippen LogP contribution is -2.30. The number of hydrogen-bond acceptors (Lipinski definition) is 5. The van der Waals surface area contributed by atoms with Crippen LogP contribution in [-0.4, -0.2) is 40.8 Å². The van der Waals surface area contributed by atoms with Gasteiger partial charge < -0.3 is 10.1 Å². The standard InChI is InChI=1S/C20H19Cl2N3O3S/c1-3-28-16-6-4-5-14(10-16)23-18(26)11-17-19(27)25(2)20(29-17)24-15-8-12(21)7-13(22)9-15/h4-10,17H,3,11H2,1-2H3,(H,23,26)/t17-/m1/s1. The van der Waals surface area contributed by atoms with Crippen LogP contribution in [0, 0.1) is 0 Å². The maximum Gasteiger partial charge on any atom is 0.242 e. The Balaban J connectivity index is 1.67. The Bertz CT molecular complexity index is 947. The average Bonchev–Trinajstić information content (AvgIpc) is 2.89. The summed E-state index contributed by atoms with van der Waals surface area (Å²) in [6, 6.07) is 12.0. The second kappa shape index (κ2) is 9.52. The molecule has 0 spiro atoms. The molecule has 2 amide bonds. The summed E-state index contributed by atoms with van der Waals surface area (Å²) in [6.45, 7) is 2.43. The van der Waals surface area contributed by atoms with E-state index < -0.39 is 5.25 Å². The number of rotatable bonds is 6. The number of aliphatic imine (C=N–C) groups is 1. The third-order valence-corrected chi connectivity index (χ3v) is 5.68. The van der Waals surface area contributed by atoms with Crippen molar-refractivity contribution in [2.75, 3.05) is 19.0 Å². The molecule has 9 heteroatoms. The highest BCUT2D eigenvalue weighted by Crippen LogP contribution is 2.32. The summed E-state index contributed by atoms with van der Waals surface area (Å²) in [5.41, 5.74) is 1.16. The molecule has 0 radical (unpaired) electrons. The Kier molecular flexibility index (Phi) is 7.05. The SMILES string of the molecule is CCOc1cccc(NC(=O)C[C@H]2SC(=Nc3cc(Cl)cc(Cl)c3)N(C)C2=O)c1.